The van der Waals surface area contributed by atoms with Crippen molar-refractivity contribution in [3.8, 4) is 0 Å². The molecule has 2 atom stereocenters. The molecule has 0 spiro atoms. The normalized spacial score (nSPS) is 24.4. The minimum Gasteiger partial charge on any atom is -0.622 e. The second-order valence-corrected chi connectivity index (χ2v) is 5.89. The number of non-ortho nitro benzene ring substituents is 1. The third-order valence-electron chi connectivity index (χ3n) is 4.50. The van der Waals surface area contributed by atoms with Gasteiger partial charge < -0.3 is 10.4 Å². The Morgan fingerprint density at radius 2 is 1.88 bits per heavy atom. The maximum Gasteiger partial charge on any atom is 0.274 e. The minimum absolute atomic E-state index is 0.128. The first-order valence-corrected chi connectivity index (χ1v) is 7.50. The molecule has 0 radical (unpaired) electrons. The molecule has 24 heavy (non-hydrogen) atoms. The van der Waals surface area contributed by atoms with Gasteiger partial charge in [0.2, 0.25) is 5.71 Å². The molecular weight excluding hydrogens is 310 g/mol. The minimum atomic E-state index is -1.45. The lowest BCUT2D eigenvalue weighted by atomic mass is 10.0. The number of nitro benzene ring substituents is 1. The van der Waals surface area contributed by atoms with Gasteiger partial charge in [-0.05, 0) is 25.1 Å². The third kappa shape index (κ3) is 2.26. The standard InChI is InChI=1S/C17H17N3O4/c1-12-16(13-7-4-3-5-8-13)19(22)17(2,18(12)21)14-9-6-10-15(11-14)20(23)24/h3-12,21H,1-2H3/t12-,17+/m1/s1. The van der Waals surface area contributed by atoms with Crippen molar-refractivity contribution >= 4 is 11.4 Å². The highest BCUT2D eigenvalue weighted by Gasteiger charge is 2.54. The monoisotopic (exact) mass is 327 g/mol. The van der Waals surface area contributed by atoms with Gasteiger partial charge in [-0.2, -0.15) is 4.74 Å². The fourth-order valence-electron chi connectivity index (χ4n) is 3.12. The fraction of sp³-hybridized carbons (Fsp3) is 0.235. The predicted molar refractivity (Wildman–Crippen MR) is 87.7 cm³/mol. The molecule has 0 saturated carbocycles. The Hall–Kier alpha value is -2.77. The Kier molecular flexibility index (Phi) is 3.82. The van der Waals surface area contributed by atoms with E-state index in [-0.39, 0.29) is 5.69 Å². The van der Waals surface area contributed by atoms with E-state index in [9.17, 15) is 20.5 Å². The zero-order chi connectivity index (χ0) is 17.5. The molecule has 1 aliphatic heterocycles. The zero-order valence-corrected chi connectivity index (χ0v) is 13.3. The highest BCUT2D eigenvalue weighted by atomic mass is 16.6. The van der Waals surface area contributed by atoms with Gasteiger partial charge in [-0.1, -0.05) is 24.3 Å². The summed E-state index contributed by atoms with van der Waals surface area (Å²) in [7, 11) is 0. The molecule has 0 saturated heterocycles. The summed E-state index contributed by atoms with van der Waals surface area (Å²) in [5.74, 6) is 0. The summed E-state index contributed by atoms with van der Waals surface area (Å²) >= 11 is 0. The van der Waals surface area contributed by atoms with Gasteiger partial charge in [0, 0.05) is 30.2 Å². The van der Waals surface area contributed by atoms with Gasteiger partial charge in [-0.15, -0.1) is 5.06 Å². The molecule has 0 unspecified atom stereocenters. The van der Waals surface area contributed by atoms with Gasteiger partial charge in [-0.25, -0.2) is 0 Å². The Labute approximate surface area is 138 Å². The van der Waals surface area contributed by atoms with E-state index in [0.29, 0.717) is 16.8 Å². The van der Waals surface area contributed by atoms with Crippen molar-refractivity contribution in [1.82, 2.24) is 5.06 Å². The summed E-state index contributed by atoms with van der Waals surface area (Å²) in [6.45, 7) is 3.27. The summed E-state index contributed by atoms with van der Waals surface area (Å²) < 4.78 is 0.728. The average Bonchev–Trinajstić information content (AvgIpc) is 2.77. The van der Waals surface area contributed by atoms with Crippen LogP contribution in [-0.4, -0.2) is 31.7 Å². The molecule has 7 heteroatoms. The molecular formula is C17H17N3O4. The summed E-state index contributed by atoms with van der Waals surface area (Å²) in [5.41, 5.74) is -0.111. The molecule has 0 bridgehead atoms. The van der Waals surface area contributed by atoms with Crippen molar-refractivity contribution in [2.45, 2.75) is 25.6 Å². The van der Waals surface area contributed by atoms with Crippen LogP contribution in [0.4, 0.5) is 5.69 Å². The van der Waals surface area contributed by atoms with Crippen LogP contribution in [-0.2, 0) is 5.66 Å². The largest absolute Gasteiger partial charge is 0.622 e. The Balaban J connectivity index is 2.17. The van der Waals surface area contributed by atoms with E-state index in [0.717, 1.165) is 9.80 Å². The first-order chi connectivity index (χ1) is 11.4. The second-order valence-electron chi connectivity index (χ2n) is 5.89. The lowest BCUT2D eigenvalue weighted by Crippen LogP contribution is -2.45. The number of nitro groups is 1. The highest BCUT2D eigenvalue weighted by molar-refractivity contribution is 6.01. The lowest BCUT2D eigenvalue weighted by molar-refractivity contribution is -0.595. The summed E-state index contributed by atoms with van der Waals surface area (Å²) in [4.78, 5) is 10.5. The van der Waals surface area contributed by atoms with E-state index >= 15 is 0 Å². The molecule has 0 amide bonds. The van der Waals surface area contributed by atoms with Crippen molar-refractivity contribution in [2.75, 3.05) is 0 Å². The van der Waals surface area contributed by atoms with Gasteiger partial charge >= 0.3 is 0 Å². The molecule has 2 aromatic rings. The van der Waals surface area contributed by atoms with Crippen LogP contribution in [0.25, 0.3) is 0 Å². The zero-order valence-electron chi connectivity index (χ0n) is 13.3. The van der Waals surface area contributed by atoms with Crippen molar-refractivity contribution in [3.05, 3.63) is 81.0 Å². The molecule has 2 aromatic carbocycles. The molecule has 0 aromatic heterocycles. The van der Waals surface area contributed by atoms with E-state index in [2.05, 4.69) is 0 Å². The lowest BCUT2D eigenvalue weighted by Gasteiger charge is -2.29. The Morgan fingerprint density at radius 1 is 1.21 bits per heavy atom. The van der Waals surface area contributed by atoms with Crippen LogP contribution in [0, 0.1) is 15.3 Å². The van der Waals surface area contributed by atoms with Crippen LogP contribution < -0.4 is 0 Å². The van der Waals surface area contributed by atoms with Gasteiger partial charge in [0.15, 0.2) is 0 Å². The maximum absolute atomic E-state index is 13.0. The predicted octanol–water partition coefficient (Wildman–Crippen LogP) is 2.86. The van der Waals surface area contributed by atoms with Crippen molar-refractivity contribution < 1.29 is 14.9 Å². The van der Waals surface area contributed by atoms with Crippen molar-refractivity contribution in [3.63, 3.8) is 0 Å². The fourth-order valence-corrected chi connectivity index (χ4v) is 3.12. The molecule has 1 N–H and O–H groups in total. The quantitative estimate of drug-likeness (QED) is 0.405. The number of hydroxylamine groups is 3. The van der Waals surface area contributed by atoms with Crippen molar-refractivity contribution in [1.29, 1.82) is 0 Å². The molecule has 1 aliphatic rings. The smallest absolute Gasteiger partial charge is 0.274 e. The topological polar surface area (TPSA) is 92.7 Å². The van der Waals surface area contributed by atoms with E-state index in [1.165, 1.54) is 18.2 Å². The number of nitrogens with zero attached hydrogens (tertiary/aromatic N) is 3. The van der Waals surface area contributed by atoms with E-state index in [1.807, 2.05) is 18.2 Å². The van der Waals surface area contributed by atoms with Gasteiger partial charge in [-0.3, -0.25) is 10.1 Å². The molecule has 1 heterocycles. The Morgan fingerprint density at radius 3 is 2.50 bits per heavy atom. The van der Waals surface area contributed by atoms with E-state index in [1.54, 1.807) is 32.0 Å². The third-order valence-corrected chi connectivity index (χ3v) is 4.50. The summed E-state index contributed by atoms with van der Waals surface area (Å²) in [5, 5.41) is 35.6. The maximum atomic E-state index is 13.0. The summed E-state index contributed by atoms with van der Waals surface area (Å²) in [6.07, 6.45) is 0. The number of hydrogen-bond donors (Lipinski definition) is 1. The van der Waals surface area contributed by atoms with Crippen molar-refractivity contribution in [2.24, 2.45) is 0 Å². The number of hydrogen-bond acceptors (Lipinski definition) is 5. The summed E-state index contributed by atoms with van der Waals surface area (Å²) in [6, 6.07) is 14.3. The second kappa shape index (κ2) is 5.70. The molecule has 0 aliphatic carbocycles. The average molecular weight is 327 g/mol. The van der Waals surface area contributed by atoms with Crippen LogP contribution in [0.5, 0.6) is 0 Å². The van der Waals surface area contributed by atoms with Gasteiger partial charge in [0.05, 0.1) is 4.92 Å². The first kappa shape index (κ1) is 16.1. The van der Waals surface area contributed by atoms with Gasteiger partial charge in [0.25, 0.3) is 11.4 Å². The highest BCUT2D eigenvalue weighted by Crippen LogP contribution is 2.37. The van der Waals surface area contributed by atoms with Crippen LogP contribution >= 0.6 is 0 Å². The van der Waals surface area contributed by atoms with Crippen LogP contribution in [0.15, 0.2) is 54.6 Å². The molecule has 7 nitrogen and oxygen atoms in total. The first-order valence-electron chi connectivity index (χ1n) is 7.50. The Bertz CT molecular complexity index is 822. The van der Waals surface area contributed by atoms with Crippen LogP contribution in [0.3, 0.4) is 0 Å². The van der Waals surface area contributed by atoms with E-state index in [4.69, 9.17) is 0 Å². The van der Waals surface area contributed by atoms with E-state index < -0.39 is 16.6 Å². The molecule has 0 fully saturated rings. The molecule has 3 rings (SSSR count). The SMILES string of the molecule is C[C@@H]1C(c2ccccc2)=[N+]([O-])[C@@](C)(c2cccc([N+](=O)[O-])c2)N1O. The van der Waals surface area contributed by atoms with Crippen LogP contribution in [0.2, 0.25) is 0 Å². The number of benzene rings is 2. The van der Waals surface area contributed by atoms with Crippen LogP contribution in [0.1, 0.15) is 25.0 Å². The van der Waals surface area contributed by atoms with Gasteiger partial charge in [0.1, 0.15) is 6.04 Å². The number of rotatable bonds is 3. The molecule has 124 valence electrons.